The maximum absolute atomic E-state index is 9.26. The van der Waals surface area contributed by atoms with Crippen LogP contribution in [0.15, 0.2) is 16.6 Å². The number of nitrogens with one attached hydrogen (secondary N) is 1. The minimum atomic E-state index is -0.234. The first-order chi connectivity index (χ1) is 6.16. The quantitative estimate of drug-likeness (QED) is 0.600. The van der Waals surface area contributed by atoms with E-state index in [4.69, 9.17) is 20.3 Å². The Labute approximate surface area is 73.9 Å². The summed E-state index contributed by atoms with van der Waals surface area (Å²) < 4.78 is 9.61. The smallest absolute Gasteiger partial charge is 0.291 e. The fourth-order valence-electron chi connectivity index (χ4n) is 1.18. The van der Waals surface area contributed by atoms with E-state index in [0.29, 0.717) is 11.1 Å². The highest BCUT2D eigenvalue weighted by Gasteiger charge is 2.18. The molecule has 1 aliphatic rings. The van der Waals surface area contributed by atoms with Crippen LogP contribution in [0.3, 0.4) is 0 Å². The van der Waals surface area contributed by atoms with Crippen molar-refractivity contribution in [3.8, 4) is 5.95 Å². The summed E-state index contributed by atoms with van der Waals surface area (Å²) in [5.41, 5.74) is 6.52. The van der Waals surface area contributed by atoms with Crippen LogP contribution in [0.2, 0.25) is 0 Å². The van der Waals surface area contributed by atoms with Crippen LogP contribution in [-0.4, -0.2) is 17.6 Å². The van der Waals surface area contributed by atoms with Gasteiger partial charge in [-0.15, -0.1) is 0 Å². The summed E-state index contributed by atoms with van der Waals surface area (Å²) in [6.07, 6.45) is 1.52. The fourth-order valence-corrected chi connectivity index (χ4v) is 1.18. The molecular weight excluding hydrogens is 172 g/mol. The first-order valence-corrected chi connectivity index (χ1v) is 3.67. The average Bonchev–Trinajstić information content (AvgIpc) is 2.58. The third-order valence-electron chi connectivity index (χ3n) is 1.77. The molecular formula is C8H8N2O3. The molecule has 0 aliphatic carbocycles. The predicted octanol–water partition coefficient (Wildman–Crippen LogP) is 0.958. The van der Waals surface area contributed by atoms with E-state index in [1.165, 1.54) is 12.1 Å². The SMILES string of the molecule is N=C1C=C(c2cc(N)oc2O)CO1. The molecule has 0 aromatic carbocycles. The largest absolute Gasteiger partial charge is 0.480 e. The minimum absolute atomic E-state index is 0.0779. The van der Waals surface area contributed by atoms with E-state index >= 15 is 0 Å². The maximum atomic E-state index is 9.26. The highest BCUT2D eigenvalue weighted by molar-refractivity contribution is 5.98. The van der Waals surface area contributed by atoms with Gasteiger partial charge in [0.05, 0.1) is 5.56 Å². The van der Waals surface area contributed by atoms with Gasteiger partial charge in [0.2, 0.25) is 5.90 Å². The first kappa shape index (κ1) is 7.72. The number of ether oxygens (including phenoxy) is 1. The molecule has 0 saturated carbocycles. The Balaban J connectivity index is 2.41. The van der Waals surface area contributed by atoms with Crippen LogP contribution >= 0.6 is 0 Å². The molecule has 68 valence electrons. The van der Waals surface area contributed by atoms with Crippen molar-refractivity contribution in [2.24, 2.45) is 0 Å². The maximum Gasteiger partial charge on any atom is 0.291 e. The van der Waals surface area contributed by atoms with E-state index in [9.17, 15) is 5.11 Å². The second-order valence-electron chi connectivity index (χ2n) is 2.69. The Morgan fingerprint density at radius 1 is 1.54 bits per heavy atom. The Kier molecular flexibility index (Phi) is 1.51. The molecule has 2 rings (SSSR count). The molecule has 4 N–H and O–H groups in total. The molecule has 0 unspecified atom stereocenters. The third-order valence-corrected chi connectivity index (χ3v) is 1.77. The van der Waals surface area contributed by atoms with Gasteiger partial charge in [-0.25, -0.2) is 0 Å². The van der Waals surface area contributed by atoms with Crippen LogP contribution in [0.1, 0.15) is 5.56 Å². The van der Waals surface area contributed by atoms with Crippen molar-refractivity contribution >= 4 is 17.4 Å². The van der Waals surface area contributed by atoms with Crippen LogP contribution in [0.5, 0.6) is 5.95 Å². The highest BCUT2D eigenvalue weighted by Crippen LogP contribution is 2.32. The standard InChI is InChI=1S/C8H8N2O3/c9-6-1-4(3-12-6)5-2-7(10)13-8(5)11/h1-2,9,11H,3,10H2. The van der Waals surface area contributed by atoms with Gasteiger partial charge in [-0.3, -0.25) is 5.41 Å². The lowest BCUT2D eigenvalue weighted by Gasteiger charge is -1.95. The molecule has 0 fully saturated rings. The molecule has 13 heavy (non-hydrogen) atoms. The Morgan fingerprint density at radius 3 is 2.77 bits per heavy atom. The van der Waals surface area contributed by atoms with Gasteiger partial charge in [0.1, 0.15) is 6.61 Å². The van der Waals surface area contributed by atoms with Crippen molar-refractivity contribution in [1.29, 1.82) is 5.41 Å². The number of anilines is 1. The predicted molar refractivity (Wildman–Crippen MR) is 46.4 cm³/mol. The lowest BCUT2D eigenvalue weighted by molar-refractivity contribution is 0.335. The molecule has 5 nitrogen and oxygen atoms in total. The van der Waals surface area contributed by atoms with E-state index < -0.39 is 0 Å². The van der Waals surface area contributed by atoms with Crippen LogP contribution in [0.25, 0.3) is 5.57 Å². The van der Waals surface area contributed by atoms with E-state index in [2.05, 4.69) is 0 Å². The average molecular weight is 180 g/mol. The van der Waals surface area contributed by atoms with Crippen molar-refractivity contribution in [3.05, 3.63) is 17.7 Å². The lowest BCUT2D eigenvalue weighted by Crippen LogP contribution is -1.90. The summed E-state index contributed by atoms with van der Waals surface area (Å²) in [5, 5.41) is 16.4. The summed E-state index contributed by atoms with van der Waals surface area (Å²) in [5.74, 6) is -0.0111. The Bertz CT molecular complexity index is 392. The van der Waals surface area contributed by atoms with E-state index in [-0.39, 0.29) is 24.3 Å². The molecule has 0 bridgehead atoms. The second-order valence-corrected chi connectivity index (χ2v) is 2.69. The van der Waals surface area contributed by atoms with Crippen LogP contribution < -0.4 is 5.73 Å². The molecule has 0 spiro atoms. The number of rotatable bonds is 1. The minimum Gasteiger partial charge on any atom is -0.480 e. The van der Waals surface area contributed by atoms with Crippen molar-refractivity contribution in [2.75, 3.05) is 12.3 Å². The number of nitrogen functional groups attached to an aromatic ring is 1. The number of furan rings is 1. The summed E-state index contributed by atoms with van der Waals surface area (Å²) in [4.78, 5) is 0. The van der Waals surface area contributed by atoms with Crippen molar-refractivity contribution in [1.82, 2.24) is 0 Å². The second kappa shape index (κ2) is 2.55. The molecule has 1 aromatic rings. The number of hydrogen-bond acceptors (Lipinski definition) is 5. The van der Waals surface area contributed by atoms with Gasteiger partial charge in [-0.05, 0) is 0 Å². The molecule has 1 aliphatic heterocycles. The van der Waals surface area contributed by atoms with Gasteiger partial charge in [-0.2, -0.15) is 0 Å². The first-order valence-electron chi connectivity index (χ1n) is 3.67. The van der Waals surface area contributed by atoms with Gasteiger partial charge in [0.15, 0.2) is 5.88 Å². The summed E-state index contributed by atoms with van der Waals surface area (Å²) in [6.45, 7) is 0.269. The van der Waals surface area contributed by atoms with Crippen molar-refractivity contribution in [3.63, 3.8) is 0 Å². The summed E-state index contributed by atoms with van der Waals surface area (Å²) in [6, 6.07) is 1.50. The van der Waals surface area contributed by atoms with Crippen molar-refractivity contribution < 1.29 is 14.3 Å². The zero-order chi connectivity index (χ0) is 9.42. The van der Waals surface area contributed by atoms with Crippen molar-refractivity contribution in [2.45, 2.75) is 0 Å². The molecule has 5 heteroatoms. The van der Waals surface area contributed by atoms with E-state index in [0.717, 1.165) is 0 Å². The van der Waals surface area contributed by atoms with Crippen LogP contribution in [-0.2, 0) is 4.74 Å². The van der Waals surface area contributed by atoms with Crippen LogP contribution in [0, 0.1) is 5.41 Å². The molecule has 2 heterocycles. The highest BCUT2D eigenvalue weighted by atomic mass is 16.5. The lowest BCUT2D eigenvalue weighted by atomic mass is 10.1. The zero-order valence-electron chi connectivity index (χ0n) is 6.70. The molecule has 0 saturated heterocycles. The Morgan fingerprint density at radius 2 is 2.31 bits per heavy atom. The topological polar surface area (TPSA) is 92.5 Å². The summed E-state index contributed by atoms with van der Waals surface area (Å²) >= 11 is 0. The van der Waals surface area contributed by atoms with E-state index in [1.54, 1.807) is 0 Å². The molecule has 0 amide bonds. The van der Waals surface area contributed by atoms with Gasteiger partial charge < -0.3 is 20.0 Å². The monoisotopic (exact) mass is 180 g/mol. The van der Waals surface area contributed by atoms with Gasteiger partial charge in [0.25, 0.3) is 5.95 Å². The molecule has 0 radical (unpaired) electrons. The normalized spacial score (nSPS) is 15.7. The third kappa shape index (κ3) is 1.24. The van der Waals surface area contributed by atoms with E-state index in [1.807, 2.05) is 0 Å². The summed E-state index contributed by atoms with van der Waals surface area (Å²) in [7, 11) is 0. The van der Waals surface area contributed by atoms with Gasteiger partial charge in [0, 0.05) is 17.7 Å². The van der Waals surface area contributed by atoms with Gasteiger partial charge in [-0.1, -0.05) is 0 Å². The zero-order valence-corrected chi connectivity index (χ0v) is 6.70. The van der Waals surface area contributed by atoms with Gasteiger partial charge >= 0.3 is 0 Å². The number of hydrogen-bond donors (Lipinski definition) is 3. The molecule has 1 aromatic heterocycles. The molecule has 0 atom stereocenters. The van der Waals surface area contributed by atoms with Crippen LogP contribution in [0.4, 0.5) is 5.88 Å². The number of nitrogens with two attached hydrogens (primary N) is 1. The number of aromatic hydroxyl groups is 1. The Hall–Kier alpha value is -1.91. The fraction of sp³-hybridized carbons (Fsp3) is 0.125.